The lowest BCUT2D eigenvalue weighted by molar-refractivity contribution is 1.42. The lowest BCUT2D eigenvalue weighted by Gasteiger charge is -2.04. The van der Waals surface area contributed by atoms with E-state index in [2.05, 4.69) is 50.3 Å². The zero-order chi connectivity index (χ0) is 10.2. The molecule has 1 aromatic rings. The summed E-state index contributed by atoms with van der Waals surface area (Å²) in [5.41, 5.74) is 1.40. The minimum Gasteiger partial charge on any atom is -0.120 e. The molecule has 2 heteroatoms. The molecule has 0 unspecified atom stereocenters. The summed E-state index contributed by atoms with van der Waals surface area (Å²) in [6.07, 6.45) is 2.20. The van der Waals surface area contributed by atoms with Gasteiger partial charge in [0.25, 0.3) is 0 Å². The molecule has 0 saturated heterocycles. The van der Waals surface area contributed by atoms with Crippen molar-refractivity contribution < 1.29 is 0 Å². The number of hydrogen-bond acceptors (Lipinski definition) is 2. The maximum Gasteiger partial charge on any atom is 0.0361 e. The first-order valence-electron chi connectivity index (χ1n) is 4.82. The van der Waals surface area contributed by atoms with Gasteiger partial charge in [0.15, 0.2) is 0 Å². The molecule has 14 heavy (non-hydrogen) atoms. The van der Waals surface area contributed by atoms with E-state index in [1.54, 1.807) is 0 Å². The highest BCUT2D eigenvalue weighted by atomic mass is 32.2. The molecule has 76 valence electrons. The van der Waals surface area contributed by atoms with Crippen molar-refractivity contribution in [1.82, 2.24) is 0 Å². The molecule has 0 bridgehead atoms. The van der Waals surface area contributed by atoms with Crippen molar-refractivity contribution in [1.29, 1.82) is 0 Å². The highest BCUT2D eigenvalue weighted by Crippen LogP contribution is 2.30. The summed E-state index contributed by atoms with van der Waals surface area (Å²) in [5.74, 6) is 2.23. The molecule has 1 aromatic carbocycles. The smallest absolute Gasteiger partial charge is 0.0361 e. The Morgan fingerprint density at radius 1 is 1.21 bits per heavy atom. The fourth-order valence-electron chi connectivity index (χ4n) is 1.08. The first-order valence-corrected chi connectivity index (χ1v) is 6.79. The van der Waals surface area contributed by atoms with Crippen LogP contribution >= 0.6 is 23.5 Å². The Bertz CT molecular complexity index is 278. The van der Waals surface area contributed by atoms with Gasteiger partial charge >= 0.3 is 0 Å². The topological polar surface area (TPSA) is 0 Å². The monoisotopic (exact) mass is 224 g/mol. The number of thioether (sulfide) groups is 2. The van der Waals surface area contributed by atoms with Crippen LogP contribution in [-0.4, -0.2) is 5.75 Å². The van der Waals surface area contributed by atoms with Crippen LogP contribution in [0.3, 0.4) is 0 Å². The van der Waals surface area contributed by atoms with E-state index in [0.717, 1.165) is 11.5 Å². The zero-order valence-electron chi connectivity index (χ0n) is 8.69. The van der Waals surface area contributed by atoms with E-state index < -0.39 is 0 Å². The predicted molar refractivity (Wildman–Crippen MR) is 69.6 cm³/mol. The average molecular weight is 224 g/mol. The van der Waals surface area contributed by atoms with Crippen LogP contribution in [0, 0.1) is 0 Å². The SMILES string of the molecule is C/C=C(/SCC)SCc1ccccc1. The Labute approximate surface area is 95.2 Å². The summed E-state index contributed by atoms with van der Waals surface area (Å²) in [6, 6.07) is 10.6. The summed E-state index contributed by atoms with van der Waals surface area (Å²) in [4.78, 5) is 0. The molecule has 0 aromatic heterocycles. The second kappa shape index (κ2) is 7.02. The van der Waals surface area contributed by atoms with Gasteiger partial charge in [0, 0.05) is 9.99 Å². The molecule has 0 aliphatic rings. The third-order valence-electron chi connectivity index (χ3n) is 1.75. The molecule has 0 fully saturated rings. The summed E-state index contributed by atoms with van der Waals surface area (Å²) >= 11 is 3.84. The van der Waals surface area contributed by atoms with E-state index in [0.29, 0.717) is 0 Å². The maximum absolute atomic E-state index is 2.20. The van der Waals surface area contributed by atoms with Crippen LogP contribution in [0.2, 0.25) is 0 Å². The van der Waals surface area contributed by atoms with Crippen LogP contribution in [-0.2, 0) is 5.75 Å². The van der Waals surface area contributed by atoms with Gasteiger partial charge in [0.05, 0.1) is 0 Å². The number of benzene rings is 1. The number of hydrogen-bond donors (Lipinski definition) is 0. The first kappa shape index (κ1) is 11.7. The summed E-state index contributed by atoms with van der Waals surface area (Å²) in [7, 11) is 0. The molecule has 0 heterocycles. The van der Waals surface area contributed by atoms with E-state index >= 15 is 0 Å². The fraction of sp³-hybridized carbons (Fsp3) is 0.333. The Balaban J connectivity index is 2.40. The van der Waals surface area contributed by atoms with E-state index in [9.17, 15) is 0 Å². The molecule has 1 rings (SSSR count). The zero-order valence-corrected chi connectivity index (χ0v) is 10.3. The van der Waals surface area contributed by atoms with Gasteiger partial charge in [-0.3, -0.25) is 0 Å². The van der Waals surface area contributed by atoms with Gasteiger partial charge in [-0.15, -0.1) is 23.5 Å². The van der Waals surface area contributed by atoms with Crippen LogP contribution in [0.1, 0.15) is 19.4 Å². The molecule has 0 saturated carbocycles. The first-order chi connectivity index (χ1) is 6.86. The van der Waals surface area contributed by atoms with E-state index in [4.69, 9.17) is 0 Å². The van der Waals surface area contributed by atoms with Crippen LogP contribution in [0.15, 0.2) is 40.6 Å². The predicted octanol–water partition coefficient (Wildman–Crippen LogP) is 4.53. The van der Waals surface area contributed by atoms with Gasteiger partial charge in [0.2, 0.25) is 0 Å². The Morgan fingerprint density at radius 3 is 2.50 bits per heavy atom. The van der Waals surface area contributed by atoms with Gasteiger partial charge in [-0.2, -0.15) is 0 Å². The molecule has 0 N–H and O–H groups in total. The molecule has 0 amide bonds. The normalized spacial score (nSPS) is 11.7. The molecular formula is C12H16S2. The average Bonchev–Trinajstić information content (AvgIpc) is 2.25. The minimum atomic E-state index is 1.08. The van der Waals surface area contributed by atoms with Crippen molar-refractivity contribution in [2.75, 3.05) is 5.75 Å². The van der Waals surface area contributed by atoms with Crippen molar-refractivity contribution in [3.8, 4) is 0 Å². The maximum atomic E-state index is 2.20. The summed E-state index contributed by atoms with van der Waals surface area (Å²) < 4.78 is 1.43. The third kappa shape index (κ3) is 4.25. The minimum absolute atomic E-state index is 1.08. The molecule has 0 nitrogen and oxygen atoms in total. The Hall–Kier alpha value is -0.340. The largest absolute Gasteiger partial charge is 0.120 e. The second-order valence-corrected chi connectivity index (χ2v) is 5.40. The number of rotatable bonds is 5. The van der Waals surface area contributed by atoms with Crippen LogP contribution < -0.4 is 0 Å². The van der Waals surface area contributed by atoms with Gasteiger partial charge in [-0.05, 0) is 18.2 Å². The van der Waals surface area contributed by atoms with Gasteiger partial charge < -0.3 is 0 Å². The highest BCUT2D eigenvalue weighted by molar-refractivity contribution is 8.21. The Morgan fingerprint density at radius 2 is 1.93 bits per heavy atom. The summed E-state index contributed by atoms with van der Waals surface area (Å²) in [5, 5.41) is 0. The van der Waals surface area contributed by atoms with E-state index in [-0.39, 0.29) is 0 Å². The molecule has 0 spiro atoms. The van der Waals surface area contributed by atoms with Gasteiger partial charge in [-0.1, -0.05) is 43.3 Å². The summed E-state index contributed by atoms with van der Waals surface area (Å²) in [6.45, 7) is 4.30. The lowest BCUT2D eigenvalue weighted by Crippen LogP contribution is -1.79. The van der Waals surface area contributed by atoms with Crippen LogP contribution in [0.25, 0.3) is 0 Å². The molecule has 0 radical (unpaired) electrons. The number of allylic oxidation sites excluding steroid dienone is 1. The van der Waals surface area contributed by atoms with Gasteiger partial charge in [0.1, 0.15) is 0 Å². The Kier molecular flexibility index (Phi) is 5.88. The van der Waals surface area contributed by atoms with Crippen molar-refractivity contribution >= 4 is 23.5 Å². The van der Waals surface area contributed by atoms with E-state index in [1.807, 2.05) is 23.5 Å². The third-order valence-corrected chi connectivity index (χ3v) is 4.26. The molecule has 0 atom stereocenters. The quantitative estimate of drug-likeness (QED) is 0.720. The van der Waals surface area contributed by atoms with Crippen LogP contribution in [0.5, 0.6) is 0 Å². The van der Waals surface area contributed by atoms with Gasteiger partial charge in [-0.25, -0.2) is 0 Å². The van der Waals surface area contributed by atoms with E-state index in [1.165, 1.54) is 9.80 Å². The molecule has 0 aliphatic heterocycles. The lowest BCUT2D eigenvalue weighted by atomic mass is 10.2. The van der Waals surface area contributed by atoms with Crippen molar-refractivity contribution in [2.45, 2.75) is 19.6 Å². The fourth-order valence-corrected chi connectivity index (χ4v) is 3.06. The molecule has 0 aliphatic carbocycles. The van der Waals surface area contributed by atoms with Crippen molar-refractivity contribution in [3.63, 3.8) is 0 Å². The van der Waals surface area contributed by atoms with Crippen molar-refractivity contribution in [2.24, 2.45) is 0 Å². The highest BCUT2D eigenvalue weighted by Gasteiger charge is 1.97. The standard InChI is InChI=1S/C12H16S2/c1-3-12(13-4-2)14-10-11-8-6-5-7-9-11/h3,5-9H,4,10H2,1-2H3/b12-3-. The molecular weight excluding hydrogens is 208 g/mol. The van der Waals surface area contributed by atoms with Crippen LogP contribution in [0.4, 0.5) is 0 Å². The van der Waals surface area contributed by atoms with Crippen molar-refractivity contribution in [3.05, 3.63) is 46.2 Å². The second-order valence-electron chi connectivity index (χ2n) is 2.81.